The maximum absolute atomic E-state index is 12.5. The van der Waals surface area contributed by atoms with Crippen LogP contribution in [0.25, 0.3) is 0 Å². The average Bonchev–Trinajstić information content (AvgIpc) is 3.42. The molecule has 1 spiro atoms. The van der Waals surface area contributed by atoms with Crippen molar-refractivity contribution in [3.63, 3.8) is 0 Å². The Hall–Kier alpha value is -1.37. The highest BCUT2D eigenvalue weighted by Gasteiger charge is 2.50. The molecule has 6 nitrogen and oxygen atoms in total. The van der Waals surface area contributed by atoms with Crippen LogP contribution >= 0.6 is 24.8 Å². The number of amides is 2. The van der Waals surface area contributed by atoms with Crippen LogP contribution in [0.4, 0.5) is 0 Å². The van der Waals surface area contributed by atoms with E-state index >= 15 is 0 Å². The quantitative estimate of drug-likeness (QED) is 0.796. The molecule has 3 fully saturated rings. The number of likely N-dealkylation sites (tertiary alicyclic amines) is 2. The van der Waals surface area contributed by atoms with Crippen LogP contribution in [0.15, 0.2) is 24.5 Å². The molecule has 2 N–H and O–H groups in total. The van der Waals surface area contributed by atoms with Gasteiger partial charge >= 0.3 is 0 Å². The molecule has 1 aromatic rings. The first-order valence-electron chi connectivity index (χ1n) is 9.75. The summed E-state index contributed by atoms with van der Waals surface area (Å²) >= 11 is 0. The van der Waals surface area contributed by atoms with Crippen LogP contribution in [0.2, 0.25) is 0 Å². The molecule has 0 aromatic carbocycles. The van der Waals surface area contributed by atoms with Gasteiger partial charge < -0.3 is 15.5 Å². The minimum atomic E-state index is -0.566. The predicted molar refractivity (Wildman–Crippen MR) is 113 cm³/mol. The third kappa shape index (κ3) is 4.78. The van der Waals surface area contributed by atoms with Crippen LogP contribution in [0.1, 0.15) is 44.1 Å². The van der Waals surface area contributed by atoms with E-state index in [1.54, 1.807) is 12.4 Å². The van der Waals surface area contributed by atoms with Gasteiger partial charge in [-0.15, -0.1) is 24.8 Å². The molecule has 0 atom stereocenters. The summed E-state index contributed by atoms with van der Waals surface area (Å²) in [4.78, 5) is 32.9. The number of aromatic nitrogens is 1. The molecule has 8 heteroatoms. The highest BCUT2D eigenvalue weighted by atomic mass is 35.5. The van der Waals surface area contributed by atoms with Crippen LogP contribution in [0.5, 0.6) is 0 Å². The van der Waals surface area contributed by atoms with Crippen LogP contribution in [-0.4, -0.2) is 58.3 Å². The normalized spacial score (nSPS) is 22.2. The Bertz CT molecular complexity index is 689. The van der Waals surface area contributed by atoms with Crippen molar-refractivity contribution in [2.75, 3.05) is 26.2 Å². The zero-order valence-corrected chi connectivity index (χ0v) is 17.8. The number of halogens is 2. The molecule has 0 radical (unpaired) electrons. The maximum atomic E-state index is 12.5. The monoisotopic (exact) mass is 428 g/mol. The number of nitrogens with two attached hydrogens (primary N) is 1. The Morgan fingerprint density at radius 3 is 2.32 bits per heavy atom. The van der Waals surface area contributed by atoms with Crippen molar-refractivity contribution < 1.29 is 9.59 Å². The standard InChI is InChI=1S/C20H28N4O2.2ClH/c21-20(6-7-20)18(26)23-13-8-19(9-14-23)5-1-17(25)24(15-19)12-4-16-2-10-22-11-3-16;;/h2-3,10-11H,1,4-9,12-15,21H2;2*1H. The minimum Gasteiger partial charge on any atom is -0.342 e. The number of piperidine rings is 2. The molecule has 28 heavy (non-hydrogen) atoms. The molecule has 2 saturated heterocycles. The van der Waals surface area contributed by atoms with Gasteiger partial charge in [0.2, 0.25) is 11.8 Å². The molecule has 4 rings (SSSR count). The van der Waals surface area contributed by atoms with E-state index in [4.69, 9.17) is 5.73 Å². The summed E-state index contributed by atoms with van der Waals surface area (Å²) in [5, 5.41) is 0. The van der Waals surface area contributed by atoms with Crippen molar-refractivity contribution in [3.8, 4) is 0 Å². The van der Waals surface area contributed by atoms with Crippen molar-refractivity contribution >= 4 is 36.6 Å². The van der Waals surface area contributed by atoms with Crippen molar-refractivity contribution in [1.82, 2.24) is 14.8 Å². The van der Waals surface area contributed by atoms with Crippen LogP contribution in [0, 0.1) is 5.41 Å². The topological polar surface area (TPSA) is 79.5 Å². The van der Waals surface area contributed by atoms with Crippen molar-refractivity contribution in [1.29, 1.82) is 0 Å². The Balaban J connectivity index is 0.00000140. The van der Waals surface area contributed by atoms with Crippen molar-refractivity contribution in [2.45, 2.75) is 50.5 Å². The molecule has 3 heterocycles. The summed E-state index contributed by atoms with van der Waals surface area (Å²) in [6, 6.07) is 4.02. The second kappa shape index (κ2) is 8.97. The van der Waals surface area contributed by atoms with Gasteiger partial charge in [0.05, 0.1) is 5.54 Å². The summed E-state index contributed by atoms with van der Waals surface area (Å²) in [5.74, 6) is 0.399. The van der Waals surface area contributed by atoms with Gasteiger partial charge in [-0.25, -0.2) is 0 Å². The van der Waals surface area contributed by atoms with Crippen LogP contribution in [0.3, 0.4) is 0 Å². The Morgan fingerprint density at radius 2 is 1.71 bits per heavy atom. The summed E-state index contributed by atoms with van der Waals surface area (Å²) in [6.07, 6.45) is 9.65. The number of nitrogens with zero attached hydrogens (tertiary/aromatic N) is 3. The lowest BCUT2D eigenvalue weighted by molar-refractivity contribution is -0.143. The molecule has 0 bridgehead atoms. The first-order chi connectivity index (χ1) is 12.5. The number of hydrogen-bond donors (Lipinski definition) is 1. The number of hydrogen-bond acceptors (Lipinski definition) is 4. The molecule has 2 amide bonds. The molecule has 1 aromatic heterocycles. The Morgan fingerprint density at radius 1 is 1.07 bits per heavy atom. The molecular weight excluding hydrogens is 399 g/mol. The lowest BCUT2D eigenvalue weighted by atomic mass is 9.72. The molecule has 2 aliphatic heterocycles. The highest BCUT2D eigenvalue weighted by Crippen LogP contribution is 2.42. The summed E-state index contributed by atoms with van der Waals surface area (Å²) in [5.41, 5.74) is 6.90. The lowest BCUT2D eigenvalue weighted by Crippen LogP contribution is -2.55. The summed E-state index contributed by atoms with van der Waals surface area (Å²) < 4.78 is 0. The van der Waals surface area contributed by atoms with Gasteiger partial charge in [0.1, 0.15) is 0 Å². The zero-order chi connectivity index (χ0) is 18.2. The number of carbonyl (C=O) groups excluding carboxylic acids is 2. The van der Waals surface area contributed by atoms with E-state index in [2.05, 4.69) is 4.98 Å². The van der Waals surface area contributed by atoms with Crippen molar-refractivity contribution in [3.05, 3.63) is 30.1 Å². The molecule has 1 saturated carbocycles. The van der Waals surface area contributed by atoms with Gasteiger partial charge in [-0.1, -0.05) is 0 Å². The number of rotatable bonds is 4. The minimum absolute atomic E-state index is 0. The van der Waals surface area contributed by atoms with E-state index in [0.717, 1.165) is 64.7 Å². The van der Waals surface area contributed by atoms with Gasteiger partial charge in [0.15, 0.2) is 0 Å². The van der Waals surface area contributed by atoms with Gasteiger partial charge in [-0.3, -0.25) is 14.6 Å². The first kappa shape index (κ1) is 22.9. The van der Waals surface area contributed by atoms with Gasteiger partial charge in [0.25, 0.3) is 0 Å². The van der Waals surface area contributed by atoms with E-state index in [0.29, 0.717) is 6.42 Å². The lowest BCUT2D eigenvalue weighted by Gasteiger charge is -2.47. The molecule has 3 aliphatic rings. The van der Waals surface area contributed by atoms with E-state index in [9.17, 15) is 9.59 Å². The van der Waals surface area contributed by atoms with E-state index in [1.807, 2.05) is 21.9 Å². The van der Waals surface area contributed by atoms with E-state index in [1.165, 1.54) is 5.56 Å². The van der Waals surface area contributed by atoms with E-state index in [-0.39, 0.29) is 42.0 Å². The maximum Gasteiger partial charge on any atom is 0.242 e. The van der Waals surface area contributed by atoms with Crippen LogP contribution < -0.4 is 5.73 Å². The van der Waals surface area contributed by atoms with Gasteiger partial charge in [0, 0.05) is 45.0 Å². The SMILES string of the molecule is Cl.Cl.NC1(C(=O)N2CCC3(CCC(=O)N(CCc4ccncc4)C3)CC2)CC1. The zero-order valence-electron chi connectivity index (χ0n) is 16.1. The molecule has 0 unspecified atom stereocenters. The van der Waals surface area contributed by atoms with Gasteiger partial charge in [-0.2, -0.15) is 0 Å². The Kier molecular flexibility index (Phi) is 7.34. The van der Waals surface area contributed by atoms with Crippen LogP contribution in [-0.2, 0) is 16.0 Å². The Labute approximate surface area is 179 Å². The third-order valence-electron chi connectivity index (χ3n) is 6.49. The number of pyridine rings is 1. The van der Waals surface area contributed by atoms with E-state index < -0.39 is 5.54 Å². The fourth-order valence-corrected chi connectivity index (χ4v) is 4.38. The summed E-state index contributed by atoms with van der Waals surface area (Å²) in [6.45, 7) is 3.15. The second-order valence-corrected chi connectivity index (χ2v) is 8.37. The fourth-order valence-electron chi connectivity index (χ4n) is 4.38. The van der Waals surface area contributed by atoms with Crippen molar-refractivity contribution in [2.24, 2.45) is 11.1 Å². The first-order valence-corrected chi connectivity index (χ1v) is 9.75. The summed E-state index contributed by atoms with van der Waals surface area (Å²) in [7, 11) is 0. The second-order valence-electron chi connectivity index (χ2n) is 8.37. The van der Waals surface area contributed by atoms with Gasteiger partial charge in [-0.05, 0) is 61.6 Å². The smallest absolute Gasteiger partial charge is 0.242 e. The average molecular weight is 429 g/mol. The molecular formula is C20H30Cl2N4O2. The number of carbonyl (C=O) groups is 2. The third-order valence-corrected chi connectivity index (χ3v) is 6.49. The molecule has 156 valence electrons. The fraction of sp³-hybridized carbons (Fsp3) is 0.650. The predicted octanol–water partition coefficient (Wildman–Crippen LogP) is 2.19. The molecule has 1 aliphatic carbocycles. The largest absolute Gasteiger partial charge is 0.342 e. The highest BCUT2D eigenvalue weighted by molar-refractivity contribution is 5.89.